The van der Waals surface area contributed by atoms with E-state index in [-0.39, 0.29) is 43.7 Å². The molecule has 2 N–H and O–H groups in total. The van der Waals surface area contributed by atoms with Gasteiger partial charge in [-0.15, -0.1) is 0 Å². The predicted molar refractivity (Wildman–Crippen MR) is 109 cm³/mol. The van der Waals surface area contributed by atoms with E-state index in [0.29, 0.717) is 11.8 Å². The molecule has 6 nitrogen and oxygen atoms in total. The van der Waals surface area contributed by atoms with E-state index in [4.69, 9.17) is 0 Å². The Hall–Kier alpha value is -1.59. The third kappa shape index (κ3) is 4.31. The Morgan fingerprint density at radius 3 is 1.59 bits per heavy atom. The summed E-state index contributed by atoms with van der Waals surface area (Å²) < 4.78 is 0. The molecule has 3 rings (SSSR count). The number of hydrogen-bond acceptors (Lipinski definition) is 3. The van der Waals surface area contributed by atoms with Crippen LogP contribution < -0.4 is 0 Å². The molecule has 0 aromatic heterocycles. The Morgan fingerprint density at radius 2 is 1.21 bits per heavy atom. The van der Waals surface area contributed by atoms with Gasteiger partial charge in [-0.3, -0.25) is 14.4 Å². The van der Waals surface area contributed by atoms with Crippen LogP contribution in [0.1, 0.15) is 90.9 Å². The van der Waals surface area contributed by atoms with E-state index < -0.39 is 23.3 Å². The molecule has 6 heteroatoms. The zero-order valence-electron chi connectivity index (χ0n) is 17.9. The second-order valence-electron chi connectivity index (χ2n) is 9.87. The highest BCUT2D eigenvalue weighted by Crippen LogP contribution is 2.45. The Bertz CT molecular complexity index is 603. The lowest BCUT2D eigenvalue weighted by Crippen LogP contribution is -2.60. The van der Waals surface area contributed by atoms with Crippen molar-refractivity contribution in [2.75, 3.05) is 0 Å². The van der Waals surface area contributed by atoms with Crippen molar-refractivity contribution in [3.63, 3.8) is 0 Å². The van der Waals surface area contributed by atoms with Gasteiger partial charge in [0.15, 0.2) is 0 Å². The third-order valence-corrected chi connectivity index (χ3v) is 8.09. The first kappa shape index (κ1) is 22.1. The van der Waals surface area contributed by atoms with E-state index in [9.17, 15) is 24.6 Å². The van der Waals surface area contributed by atoms with Gasteiger partial charge in [0, 0.05) is 12.1 Å². The van der Waals surface area contributed by atoms with E-state index in [1.807, 2.05) is 4.90 Å². The number of carboxylic acid groups (broad SMARTS) is 2. The van der Waals surface area contributed by atoms with Crippen LogP contribution in [-0.4, -0.2) is 45.0 Å². The van der Waals surface area contributed by atoms with E-state index in [0.717, 1.165) is 38.5 Å². The fourth-order valence-electron chi connectivity index (χ4n) is 6.09. The minimum absolute atomic E-state index is 0.107. The van der Waals surface area contributed by atoms with Crippen molar-refractivity contribution in [3.05, 3.63) is 0 Å². The standard InChI is InChI=1S/C23H37NO5/c1-15-7-3-5-9-18(15)24(19-10-6-4-8-16(19)2)21(27)23(22(28)29)13-11-17(12-14-23)20(25)26/h15-19H,3-14H2,1-2H3,(H,25,26)(H,28,29). The quantitative estimate of drug-likeness (QED) is 0.662. The van der Waals surface area contributed by atoms with E-state index in [2.05, 4.69) is 13.8 Å². The summed E-state index contributed by atoms with van der Waals surface area (Å²) in [6.45, 7) is 4.40. The Labute approximate surface area is 174 Å². The van der Waals surface area contributed by atoms with Crippen LogP contribution >= 0.6 is 0 Å². The number of aliphatic carboxylic acids is 2. The summed E-state index contributed by atoms with van der Waals surface area (Å²) in [4.78, 5) is 39.9. The molecule has 29 heavy (non-hydrogen) atoms. The van der Waals surface area contributed by atoms with Gasteiger partial charge in [-0.05, 0) is 63.2 Å². The molecule has 3 saturated carbocycles. The maximum absolute atomic E-state index is 14.0. The van der Waals surface area contributed by atoms with Gasteiger partial charge in [-0.2, -0.15) is 0 Å². The molecule has 0 heterocycles. The summed E-state index contributed by atoms with van der Waals surface area (Å²) in [6.07, 6.45) is 9.37. The minimum atomic E-state index is -1.46. The summed E-state index contributed by atoms with van der Waals surface area (Å²) in [5.41, 5.74) is -1.46. The van der Waals surface area contributed by atoms with Gasteiger partial charge < -0.3 is 15.1 Å². The lowest BCUT2D eigenvalue weighted by Gasteiger charge is -2.50. The molecule has 0 bridgehead atoms. The van der Waals surface area contributed by atoms with Crippen molar-refractivity contribution in [1.82, 2.24) is 4.90 Å². The molecule has 0 spiro atoms. The smallest absolute Gasteiger partial charge is 0.319 e. The van der Waals surface area contributed by atoms with Crippen LogP contribution in [0.2, 0.25) is 0 Å². The van der Waals surface area contributed by atoms with E-state index in [1.165, 1.54) is 12.8 Å². The van der Waals surface area contributed by atoms with Crippen molar-refractivity contribution in [2.24, 2.45) is 23.2 Å². The van der Waals surface area contributed by atoms with Crippen molar-refractivity contribution >= 4 is 17.8 Å². The number of rotatable bonds is 5. The highest BCUT2D eigenvalue weighted by molar-refractivity contribution is 6.02. The summed E-state index contributed by atoms with van der Waals surface area (Å²) >= 11 is 0. The van der Waals surface area contributed by atoms with Crippen molar-refractivity contribution < 1.29 is 24.6 Å². The first-order chi connectivity index (χ1) is 13.8. The van der Waals surface area contributed by atoms with E-state index >= 15 is 0 Å². The van der Waals surface area contributed by atoms with Gasteiger partial charge in [-0.1, -0.05) is 39.5 Å². The van der Waals surface area contributed by atoms with Crippen LogP contribution in [0.4, 0.5) is 0 Å². The molecule has 3 aliphatic rings. The van der Waals surface area contributed by atoms with Gasteiger partial charge in [0.2, 0.25) is 5.91 Å². The van der Waals surface area contributed by atoms with Crippen LogP contribution in [0.15, 0.2) is 0 Å². The summed E-state index contributed by atoms with van der Waals surface area (Å²) in [5, 5.41) is 19.5. The lowest BCUT2D eigenvalue weighted by molar-refractivity contribution is -0.171. The van der Waals surface area contributed by atoms with E-state index in [1.54, 1.807) is 0 Å². The Morgan fingerprint density at radius 1 is 0.759 bits per heavy atom. The van der Waals surface area contributed by atoms with Crippen LogP contribution in [0.3, 0.4) is 0 Å². The summed E-state index contributed by atoms with van der Waals surface area (Å²) in [6, 6.07) is 0.213. The first-order valence-electron chi connectivity index (χ1n) is 11.6. The topological polar surface area (TPSA) is 94.9 Å². The zero-order valence-corrected chi connectivity index (χ0v) is 17.9. The van der Waals surface area contributed by atoms with Crippen molar-refractivity contribution in [2.45, 2.75) is 103 Å². The molecular weight excluding hydrogens is 370 g/mol. The summed E-state index contributed by atoms with van der Waals surface area (Å²) in [7, 11) is 0. The highest BCUT2D eigenvalue weighted by Gasteiger charge is 2.54. The molecule has 0 saturated heterocycles. The molecule has 3 aliphatic carbocycles. The molecule has 164 valence electrons. The predicted octanol–water partition coefficient (Wildman–Crippen LogP) is 4.32. The van der Waals surface area contributed by atoms with Crippen molar-refractivity contribution in [3.8, 4) is 0 Å². The average Bonchev–Trinajstić information content (AvgIpc) is 2.70. The third-order valence-electron chi connectivity index (χ3n) is 8.09. The zero-order chi connectivity index (χ0) is 21.2. The fraction of sp³-hybridized carbons (Fsp3) is 0.870. The molecule has 1 amide bonds. The average molecular weight is 408 g/mol. The largest absolute Gasteiger partial charge is 0.481 e. The number of hydrogen-bond donors (Lipinski definition) is 2. The van der Waals surface area contributed by atoms with Gasteiger partial charge in [0.25, 0.3) is 0 Å². The number of amides is 1. The molecule has 0 aromatic rings. The monoisotopic (exact) mass is 407 g/mol. The Kier molecular flexibility index (Phi) is 6.90. The SMILES string of the molecule is CC1CCCCC1N(C(=O)C1(C(=O)O)CCC(C(=O)O)CC1)C1CCCCC1C. The molecule has 4 unspecified atom stereocenters. The number of carbonyl (C=O) groups is 3. The fourth-order valence-corrected chi connectivity index (χ4v) is 6.09. The number of nitrogens with zero attached hydrogens (tertiary/aromatic N) is 1. The van der Waals surface area contributed by atoms with Crippen LogP contribution in [0.25, 0.3) is 0 Å². The molecular formula is C23H37NO5. The first-order valence-corrected chi connectivity index (χ1v) is 11.6. The van der Waals surface area contributed by atoms with Gasteiger partial charge >= 0.3 is 11.9 Å². The van der Waals surface area contributed by atoms with Gasteiger partial charge in [0.1, 0.15) is 5.41 Å². The summed E-state index contributed by atoms with van der Waals surface area (Å²) in [5.74, 6) is -1.96. The highest BCUT2D eigenvalue weighted by atomic mass is 16.4. The van der Waals surface area contributed by atoms with Crippen molar-refractivity contribution in [1.29, 1.82) is 0 Å². The van der Waals surface area contributed by atoms with Gasteiger partial charge in [0.05, 0.1) is 5.92 Å². The number of carbonyl (C=O) groups excluding carboxylic acids is 1. The number of carboxylic acids is 2. The normalized spacial score (nSPS) is 38.2. The molecule has 4 atom stereocenters. The minimum Gasteiger partial charge on any atom is -0.481 e. The van der Waals surface area contributed by atoms with Gasteiger partial charge in [-0.25, -0.2) is 0 Å². The second-order valence-corrected chi connectivity index (χ2v) is 9.87. The van der Waals surface area contributed by atoms with Crippen LogP contribution in [0, 0.1) is 23.2 Å². The second kappa shape index (κ2) is 9.05. The molecule has 0 aromatic carbocycles. The molecule has 0 aliphatic heterocycles. The molecule has 3 fully saturated rings. The van der Waals surface area contributed by atoms with Crippen LogP contribution in [-0.2, 0) is 14.4 Å². The Balaban J connectivity index is 1.93. The lowest BCUT2D eigenvalue weighted by atomic mass is 9.68. The maximum Gasteiger partial charge on any atom is 0.319 e. The molecule has 0 radical (unpaired) electrons. The van der Waals surface area contributed by atoms with Crippen LogP contribution in [0.5, 0.6) is 0 Å². The maximum atomic E-state index is 14.0.